The molecule has 2 aliphatic rings. The Morgan fingerprint density at radius 2 is 1.55 bits per heavy atom. The lowest BCUT2D eigenvalue weighted by molar-refractivity contribution is -0.118. The van der Waals surface area contributed by atoms with E-state index in [4.69, 9.17) is 0 Å². The molecule has 0 spiro atoms. The highest BCUT2D eigenvalue weighted by Gasteiger charge is 2.43. The van der Waals surface area contributed by atoms with Gasteiger partial charge in [-0.25, -0.2) is 4.79 Å². The first kappa shape index (κ1) is 21.0. The minimum absolute atomic E-state index is 0.0768. The van der Waals surface area contributed by atoms with Gasteiger partial charge in [-0.05, 0) is 41.7 Å². The standard InChI is InChI=1S/C28H27N3O2/c1-28(2)17-22-25(24(32)18-28)26(19-11-5-3-6-12-19)31(23-16-10-9-15-21(23)30-22)27(33)29-20-13-7-4-8-14-20/h3-16,26,30H,17-18H2,1-2H3,(H,29,33)/t26-/m1/s1. The van der Waals surface area contributed by atoms with Crippen molar-refractivity contribution in [1.82, 2.24) is 0 Å². The van der Waals surface area contributed by atoms with Crippen LogP contribution in [-0.2, 0) is 4.79 Å². The number of para-hydroxylation sites is 3. The highest BCUT2D eigenvalue weighted by atomic mass is 16.2. The highest BCUT2D eigenvalue weighted by Crippen LogP contribution is 2.48. The van der Waals surface area contributed by atoms with Gasteiger partial charge in [-0.15, -0.1) is 0 Å². The second kappa shape index (κ2) is 8.24. The summed E-state index contributed by atoms with van der Waals surface area (Å²) in [6.07, 6.45) is 1.18. The smallest absolute Gasteiger partial charge is 0.327 e. The van der Waals surface area contributed by atoms with Crippen molar-refractivity contribution in [2.45, 2.75) is 32.7 Å². The van der Waals surface area contributed by atoms with Crippen molar-refractivity contribution in [3.8, 4) is 0 Å². The predicted octanol–water partition coefficient (Wildman–Crippen LogP) is 6.54. The maximum atomic E-state index is 13.8. The number of allylic oxidation sites excluding steroid dienone is 1. The Kier molecular flexibility index (Phi) is 5.25. The van der Waals surface area contributed by atoms with Gasteiger partial charge in [0.15, 0.2) is 5.78 Å². The Morgan fingerprint density at radius 1 is 0.909 bits per heavy atom. The lowest BCUT2D eigenvalue weighted by Gasteiger charge is -2.37. The molecule has 2 amide bonds. The lowest BCUT2D eigenvalue weighted by Crippen LogP contribution is -2.41. The third-order valence-electron chi connectivity index (χ3n) is 6.26. The van der Waals surface area contributed by atoms with Crippen molar-refractivity contribution in [2.75, 3.05) is 15.5 Å². The molecule has 0 unspecified atom stereocenters. The summed E-state index contributed by atoms with van der Waals surface area (Å²) in [5, 5.41) is 6.57. The number of hydrogen-bond acceptors (Lipinski definition) is 3. The van der Waals surface area contributed by atoms with E-state index in [2.05, 4.69) is 24.5 Å². The summed E-state index contributed by atoms with van der Waals surface area (Å²) in [4.78, 5) is 29.2. The number of urea groups is 1. The molecule has 2 N–H and O–H groups in total. The number of amides is 2. The highest BCUT2D eigenvalue weighted by molar-refractivity contribution is 6.09. The monoisotopic (exact) mass is 437 g/mol. The molecule has 0 fully saturated rings. The van der Waals surface area contributed by atoms with Crippen LogP contribution in [0.4, 0.5) is 21.9 Å². The molecule has 0 radical (unpaired) electrons. The van der Waals surface area contributed by atoms with Crippen molar-refractivity contribution in [1.29, 1.82) is 0 Å². The number of nitrogens with one attached hydrogen (secondary N) is 2. The molecule has 1 aliphatic carbocycles. The van der Waals surface area contributed by atoms with Gasteiger partial charge in [0.2, 0.25) is 0 Å². The number of benzene rings is 3. The quantitative estimate of drug-likeness (QED) is 0.479. The van der Waals surface area contributed by atoms with Gasteiger partial charge < -0.3 is 10.6 Å². The molecule has 1 aliphatic heterocycles. The van der Waals surface area contributed by atoms with E-state index in [-0.39, 0.29) is 17.2 Å². The largest absolute Gasteiger partial charge is 0.357 e. The minimum Gasteiger partial charge on any atom is -0.357 e. The van der Waals surface area contributed by atoms with Crippen LogP contribution in [0.5, 0.6) is 0 Å². The van der Waals surface area contributed by atoms with Crippen LogP contribution in [0.3, 0.4) is 0 Å². The lowest BCUT2D eigenvalue weighted by atomic mass is 9.73. The Labute approximate surface area is 194 Å². The molecule has 33 heavy (non-hydrogen) atoms. The van der Waals surface area contributed by atoms with Crippen LogP contribution < -0.4 is 15.5 Å². The van der Waals surface area contributed by atoms with Gasteiger partial charge >= 0.3 is 6.03 Å². The molecule has 3 aromatic carbocycles. The summed E-state index contributed by atoms with van der Waals surface area (Å²) >= 11 is 0. The van der Waals surface area contributed by atoms with Crippen LogP contribution in [0.1, 0.15) is 38.3 Å². The Morgan fingerprint density at radius 3 is 2.27 bits per heavy atom. The van der Waals surface area contributed by atoms with Crippen LogP contribution in [0.15, 0.2) is 96.2 Å². The molecule has 0 bridgehead atoms. The maximum absolute atomic E-state index is 13.8. The van der Waals surface area contributed by atoms with Crippen LogP contribution in [-0.4, -0.2) is 11.8 Å². The first-order chi connectivity index (χ1) is 15.9. The number of anilines is 3. The normalized spacial score (nSPS) is 19.2. The van der Waals surface area contributed by atoms with E-state index < -0.39 is 6.04 Å². The Balaban J connectivity index is 1.71. The fourth-order valence-corrected chi connectivity index (χ4v) is 4.87. The fraction of sp³-hybridized carbons (Fsp3) is 0.214. The zero-order valence-corrected chi connectivity index (χ0v) is 18.8. The SMILES string of the molecule is CC1(C)CC(=O)C2=C(C1)Nc1ccccc1N(C(=O)Nc1ccccc1)[C@@H]2c1ccccc1. The minimum atomic E-state index is -0.537. The summed E-state index contributed by atoms with van der Waals surface area (Å²) in [5.74, 6) is 0.0768. The maximum Gasteiger partial charge on any atom is 0.327 e. The molecule has 5 rings (SSSR count). The van der Waals surface area contributed by atoms with Gasteiger partial charge in [-0.3, -0.25) is 9.69 Å². The van der Waals surface area contributed by atoms with Crippen molar-refractivity contribution in [3.63, 3.8) is 0 Å². The van der Waals surface area contributed by atoms with Crippen LogP contribution >= 0.6 is 0 Å². The Bertz CT molecular complexity index is 1230. The number of nitrogens with zero attached hydrogens (tertiary/aromatic N) is 1. The third kappa shape index (κ3) is 4.02. The van der Waals surface area contributed by atoms with Gasteiger partial charge in [0.05, 0.1) is 17.4 Å². The number of carbonyl (C=O) groups excluding carboxylic acids is 2. The molecule has 1 heterocycles. The van der Waals surface area contributed by atoms with Gasteiger partial charge in [-0.1, -0.05) is 74.5 Å². The summed E-state index contributed by atoms with van der Waals surface area (Å²) in [7, 11) is 0. The van der Waals surface area contributed by atoms with E-state index in [1.54, 1.807) is 4.90 Å². The fourth-order valence-electron chi connectivity index (χ4n) is 4.87. The van der Waals surface area contributed by atoms with Gasteiger partial charge in [0.25, 0.3) is 0 Å². The molecule has 5 heteroatoms. The van der Waals surface area contributed by atoms with E-state index in [9.17, 15) is 9.59 Å². The average molecular weight is 438 g/mol. The van der Waals surface area contributed by atoms with Crippen molar-refractivity contribution in [2.24, 2.45) is 5.41 Å². The molecule has 166 valence electrons. The number of rotatable bonds is 2. The zero-order chi connectivity index (χ0) is 23.0. The number of carbonyl (C=O) groups is 2. The molecule has 5 nitrogen and oxygen atoms in total. The zero-order valence-electron chi connectivity index (χ0n) is 18.8. The first-order valence-electron chi connectivity index (χ1n) is 11.3. The van der Waals surface area contributed by atoms with E-state index in [1.807, 2.05) is 84.9 Å². The molecular weight excluding hydrogens is 410 g/mol. The van der Waals surface area contributed by atoms with E-state index in [0.717, 1.165) is 29.1 Å². The van der Waals surface area contributed by atoms with Crippen molar-refractivity contribution >= 4 is 28.9 Å². The van der Waals surface area contributed by atoms with Gasteiger partial charge in [0.1, 0.15) is 0 Å². The summed E-state index contributed by atoms with van der Waals surface area (Å²) in [5.41, 5.74) is 4.57. The van der Waals surface area contributed by atoms with Crippen LogP contribution in [0.25, 0.3) is 0 Å². The number of Topliss-reactive ketones (excluding diaryl/α,β-unsaturated/α-hetero) is 1. The molecule has 0 aromatic heterocycles. The number of hydrogen-bond donors (Lipinski definition) is 2. The molecule has 0 saturated carbocycles. The van der Waals surface area contributed by atoms with Crippen LogP contribution in [0.2, 0.25) is 0 Å². The molecular formula is C28H27N3O2. The van der Waals surface area contributed by atoms with Crippen molar-refractivity contribution < 1.29 is 9.59 Å². The third-order valence-corrected chi connectivity index (χ3v) is 6.26. The molecule has 3 aromatic rings. The first-order valence-corrected chi connectivity index (χ1v) is 11.3. The average Bonchev–Trinajstić information content (AvgIpc) is 2.94. The van der Waals surface area contributed by atoms with Gasteiger partial charge in [-0.2, -0.15) is 0 Å². The van der Waals surface area contributed by atoms with E-state index >= 15 is 0 Å². The molecule has 1 atom stereocenters. The summed E-state index contributed by atoms with van der Waals surface area (Å²) in [6.45, 7) is 4.23. The summed E-state index contributed by atoms with van der Waals surface area (Å²) < 4.78 is 0. The predicted molar refractivity (Wildman–Crippen MR) is 132 cm³/mol. The van der Waals surface area contributed by atoms with Crippen LogP contribution in [0, 0.1) is 5.41 Å². The number of fused-ring (bicyclic) bond motifs is 1. The van der Waals surface area contributed by atoms with Crippen molar-refractivity contribution in [3.05, 3.63) is 102 Å². The van der Waals surface area contributed by atoms with E-state index in [0.29, 0.717) is 17.7 Å². The van der Waals surface area contributed by atoms with Gasteiger partial charge in [0, 0.05) is 23.4 Å². The second-order valence-electron chi connectivity index (χ2n) is 9.45. The second-order valence-corrected chi connectivity index (χ2v) is 9.45. The number of ketones is 1. The van der Waals surface area contributed by atoms with E-state index in [1.165, 1.54) is 0 Å². The Hall–Kier alpha value is -3.86. The topological polar surface area (TPSA) is 61.4 Å². The summed E-state index contributed by atoms with van der Waals surface area (Å²) in [6, 6.07) is 26.1. The molecule has 0 saturated heterocycles.